The molecule has 2 aromatic heterocycles. The Morgan fingerprint density at radius 2 is 1.72 bits per heavy atom. The van der Waals surface area contributed by atoms with Crippen LogP contribution in [0.25, 0.3) is 5.65 Å². The van der Waals surface area contributed by atoms with Crippen LogP contribution in [0.5, 0.6) is 0 Å². The van der Waals surface area contributed by atoms with Crippen molar-refractivity contribution in [2.24, 2.45) is 16.6 Å². The fourth-order valence-corrected chi connectivity index (χ4v) is 6.58. The Morgan fingerprint density at radius 1 is 1.06 bits per heavy atom. The molecule has 1 unspecified atom stereocenters. The summed E-state index contributed by atoms with van der Waals surface area (Å²) in [6, 6.07) is 6.95. The summed E-state index contributed by atoms with van der Waals surface area (Å²) in [5.74, 6) is -2.42. The summed E-state index contributed by atoms with van der Waals surface area (Å²) in [6.45, 7) is 4.40. The van der Waals surface area contributed by atoms with Gasteiger partial charge < -0.3 is 31.9 Å². The number of nitrogens with one attached hydrogen (secondary N) is 2. The van der Waals surface area contributed by atoms with E-state index in [2.05, 4.69) is 27.6 Å². The van der Waals surface area contributed by atoms with Crippen molar-refractivity contribution in [3.63, 3.8) is 0 Å². The van der Waals surface area contributed by atoms with E-state index in [0.717, 1.165) is 49.1 Å². The summed E-state index contributed by atoms with van der Waals surface area (Å²) in [6.07, 6.45) is 7.60. The van der Waals surface area contributed by atoms with Gasteiger partial charge in [0.25, 0.3) is 16.8 Å². The summed E-state index contributed by atoms with van der Waals surface area (Å²) in [7, 11) is 0. The van der Waals surface area contributed by atoms with Crippen LogP contribution in [0.3, 0.4) is 0 Å². The molecule has 2 heterocycles. The van der Waals surface area contributed by atoms with Gasteiger partial charge in [0, 0.05) is 36.8 Å². The van der Waals surface area contributed by atoms with Gasteiger partial charge >= 0.3 is 11.9 Å². The third kappa shape index (κ3) is 7.63. The zero-order valence-electron chi connectivity index (χ0n) is 27.1. The molecule has 7 N–H and O–H groups in total. The third-order valence-electron chi connectivity index (χ3n) is 9.76. The van der Waals surface area contributed by atoms with E-state index in [-0.39, 0.29) is 84.3 Å². The smallest absolute Gasteiger partial charge is 0.354 e. The number of hydrogen-bond acceptors (Lipinski definition) is 11. The minimum absolute atomic E-state index is 0. The first-order chi connectivity index (χ1) is 22.8. The number of rotatable bonds is 10. The van der Waals surface area contributed by atoms with Gasteiger partial charge in [0.1, 0.15) is 22.9 Å². The Labute approximate surface area is 293 Å². The summed E-state index contributed by atoms with van der Waals surface area (Å²) in [4.78, 5) is 62.6. The molecule has 0 spiro atoms. The van der Waals surface area contributed by atoms with Crippen LogP contribution in [0, 0.1) is 16.6 Å². The number of anilines is 2. The molecule has 3 aliphatic carbocycles. The number of benzene rings is 1. The van der Waals surface area contributed by atoms with E-state index in [1.807, 2.05) is 6.92 Å². The van der Waals surface area contributed by atoms with Crippen molar-refractivity contribution in [3.8, 4) is 0 Å². The molecule has 2 aromatic carbocycles. The second kappa shape index (κ2) is 15.8. The molecular formula is C34H43ClFN7O7. The van der Waals surface area contributed by atoms with Crippen LogP contribution >= 0.6 is 12.4 Å². The number of carbonyl (C=O) groups excluding carboxylic acids is 2. The number of aromatic nitrogens is 3. The van der Waals surface area contributed by atoms with Gasteiger partial charge in [-0.05, 0) is 75.5 Å². The minimum atomic E-state index is -1.27. The van der Waals surface area contributed by atoms with Crippen LogP contribution < -0.4 is 33.0 Å². The second-order valence-electron chi connectivity index (χ2n) is 12.5. The van der Waals surface area contributed by atoms with Gasteiger partial charge in [-0.15, -0.1) is 12.4 Å². The van der Waals surface area contributed by atoms with Crippen LogP contribution in [0.4, 0.5) is 15.8 Å². The largest absolute Gasteiger partial charge is 0.477 e. The van der Waals surface area contributed by atoms with Crippen molar-refractivity contribution in [1.29, 1.82) is 0 Å². The highest BCUT2D eigenvalue weighted by molar-refractivity contribution is 5.96. The number of hydrogen-bond donors (Lipinski definition) is 5. The molecule has 0 saturated heterocycles. The Bertz CT molecular complexity index is 1930. The first-order valence-corrected chi connectivity index (χ1v) is 15.7. The lowest BCUT2D eigenvalue weighted by atomic mass is 9.52. The zero-order valence-corrected chi connectivity index (χ0v) is 27.9. The number of aromatic carboxylic acids is 1. The van der Waals surface area contributed by atoms with Crippen molar-refractivity contribution in [2.45, 2.75) is 78.9 Å². The minimum Gasteiger partial charge on any atom is -0.477 e. The van der Waals surface area contributed by atoms with Gasteiger partial charge in [0.2, 0.25) is 0 Å². The number of nitrogen functional groups attached to an aromatic ring is 1. The molecule has 0 aliphatic heterocycles. The number of halogens is 2. The Hall–Kier alpha value is -4.89. The van der Waals surface area contributed by atoms with E-state index < -0.39 is 28.6 Å². The Kier molecular flexibility index (Phi) is 12.5. The molecule has 4 aromatic rings. The van der Waals surface area contributed by atoms with Gasteiger partial charge in [0.15, 0.2) is 11.3 Å². The molecule has 3 saturated carbocycles. The van der Waals surface area contributed by atoms with Gasteiger partial charge in [-0.2, -0.15) is 5.10 Å². The van der Waals surface area contributed by atoms with Gasteiger partial charge in [-0.25, -0.2) is 18.7 Å². The molecule has 14 nitrogen and oxygen atoms in total. The Balaban J connectivity index is 0.000000318. The molecule has 2 bridgehead atoms. The number of carboxylic acids is 1. The number of amides is 1. The molecule has 1 atom stereocenters. The van der Waals surface area contributed by atoms with E-state index in [1.165, 1.54) is 30.5 Å². The number of carboxylic acid groups (broad SMARTS) is 1. The number of ether oxygens (including phenoxy) is 1. The van der Waals surface area contributed by atoms with Crippen LogP contribution in [0.2, 0.25) is 0 Å². The van der Waals surface area contributed by atoms with Gasteiger partial charge in [-0.3, -0.25) is 19.2 Å². The lowest BCUT2D eigenvalue weighted by molar-refractivity contribution is -0.166. The van der Waals surface area contributed by atoms with Gasteiger partial charge in [-0.1, -0.05) is 13.5 Å². The highest BCUT2D eigenvalue weighted by Crippen LogP contribution is 2.58. The monoisotopic (exact) mass is 715 g/mol. The molecule has 270 valence electrons. The van der Waals surface area contributed by atoms with Crippen molar-refractivity contribution >= 4 is 47.3 Å². The Morgan fingerprint density at radius 3 is 2.30 bits per heavy atom. The average Bonchev–Trinajstić information content (AvgIpc) is 3.57. The lowest BCUT2D eigenvalue weighted by Gasteiger charge is -2.53. The number of nitrogens with zero attached hydrogens (tertiary/aromatic N) is 3. The average molecular weight is 716 g/mol. The predicted octanol–water partition coefficient (Wildman–Crippen LogP) is 3.58. The third-order valence-corrected chi connectivity index (χ3v) is 9.76. The first kappa shape index (κ1) is 39.5. The predicted molar refractivity (Wildman–Crippen MR) is 187 cm³/mol. The van der Waals surface area contributed by atoms with Crippen LogP contribution in [0.1, 0.15) is 91.9 Å². The van der Waals surface area contributed by atoms with E-state index in [4.69, 9.17) is 16.2 Å². The molecule has 50 heavy (non-hydrogen) atoms. The molecule has 3 fully saturated rings. The van der Waals surface area contributed by atoms with Crippen molar-refractivity contribution < 1.29 is 28.6 Å². The fraction of sp³-hybridized carbons (Fsp3) is 0.441. The lowest BCUT2D eigenvalue weighted by Crippen LogP contribution is -2.52. The fourth-order valence-electron chi connectivity index (χ4n) is 6.58. The van der Waals surface area contributed by atoms with Crippen LogP contribution in [0.15, 0.2) is 46.1 Å². The summed E-state index contributed by atoms with van der Waals surface area (Å²) in [5, 5.41) is 18.4. The van der Waals surface area contributed by atoms with E-state index in [0.29, 0.717) is 17.6 Å². The maximum atomic E-state index is 14.1. The number of carbonyl (C=O) groups is 3. The quantitative estimate of drug-likeness (QED) is 0.117. The standard InChI is InChI=1S/C20H15FN6O5.C13H23NO2.CH4.ClH/c21-11-2-1-9(5-10(11)8-23-16-15(22)17(28)18(16)29)7-24-19(30)12-6-13(20(31)32)27-14(26-12)3-4-25-27;1-3-16-11(15)13-7-4-12(5-8-13,6-9-13)10(2)14;;/h1-6,23H,7-8,22H2,(H,24,30)(H,31,32);10H,3-9,14H2,1-2H3;1H4;1H. The molecule has 7 rings (SSSR count). The molecular weight excluding hydrogens is 673 g/mol. The number of fused-ring (bicyclic) bond motifs is 4. The van der Waals surface area contributed by atoms with Crippen LogP contribution in [-0.4, -0.2) is 50.2 Å². The summed E-state index contributed by atoms with van der Waals surface area (Å²) >= 11 is 0. The van der Waals surface area contributed by atoms with Gasteiger partial charge in [0.05, 0.1) is 18.2 Å². The van der Waals surface area contributed by atoms with Crippen molar-refractivity contribution in [1.82, 2.24) is 19.9 Å². The van der Waals surface area contributed by atoms with Crippen molar-refractivity contribution in [3.05, 3.63) is 85.3 Å². The SMILES string of the molecule is C.CCOC(=O)C12CCC(C(C)N)(CC1)CC2.Cl.Nc1c(NCc2cc(CNC(=O)c3cc(C(=O)O)n4nccc4n3)ccc2F)c(=O)c1=O. The summed E-state index contributed by atoms with van der Waals surface area (Å²) in [5.41, 5.74) is 10.5. The summed E-state index contributed by atoms with van der Waals surface area (Å²) < 4.78 is 20.4. The molecule has 16 heteroatoms. The first-order valence-electron chi connectivity index (χ1n) is 15.7. The topological polar surface area (TPSA) is 221 Å². The maximum absolute atomic E-state index is 14.1. The van der Waals surface area contributed by atoms with E-state index in [1.54, 1.807) is 0 Å². The van der Waals surface area contributed by atoms with E-state index in [9.17, 15) is 33.5 Å². The number of nitrogens with two attached hydrogens (primary N) is 2. The zero-order chi connectivity index (χ0) is 34.8. The maximum Gasteiger partial charge on any atom is 0.354 e. The molecule has 1 amide bonds. The highest BCUT2D eigenvalue weighted by atomic mass is 35.5. The highest BCUT2D eigenvalue weighted by Gasteiger charge is 2.54. The number of esters is 1. The molecule has 0 radical (unpaired) electrons. The second-order valence-corrected chi connectivity index (χ2v) is 12.5. The van der Waals surface area contributed by atoms with Crippen LogP contribution in [-0.2, 0) is 22.6 Å². The van der Waals surface area contributed by atoms with E-state index >= 15 is 0 Å². The van der Waals surface area contributed by atoms with Crippen molar-refractivity contribution in [2.75, 3.05) is 17.7 Å². The molecule has 3 aliphatic rings. The normalized spacial score (nSPS) is 19.7.